The molecule has 1 fully saturated rings. The highest BCUT2D eigenvalue weighted by Gasteiger charge is 2.27. The van der Waals surface area contributed by atoms with Gasteiger partial charge in [0.25, 0.3) is 5.91 Å². The van der Waals surface area contributed by atoms with E-state index in [9.17, 15) is 18.0 Å². The Morgan fingerprint density at radius 3 is 2.54 bits per heavy atom. The van der Waals surface area contributed by atoms with E-state index < -0.39 is 15.9 Å². The van der Waals surface area contributed by atoms with Crippen molar-refractivity contribution in [3.8, 4) is 0 Å². The van der Waals surface area contributed by atoms with Crippen LogP contribution < -0.4 is 10.6 Å². The fourth-order valence-electron chi connectivity index (χ4n) is 2.52. The third-order valence-corrected chi connectivity index (χ3v) is 5.94. The summed E-state index contributed by atoms with van der Waals surface area (Å²) in [5.41, 5.74) is 0.875. The van der Waals surface area contributed by atoms with Crippen LogP contribution in [0.2, 0.25) is 0 Å². The molecule has 0 radical (unpaired) electrons. The highest BCUT2D eigenvalue weighted by atomic mass is 32.2. The molecule has 0 atom stereocenters. The van der Waals surface area contributed by atoms with E-state index in [2.05, 4.69) is 10.6 Å². The highest BCUT2D eigenvalue weighted by molar-refractivity contribution is 7.89. The SMILES string of the molecule is CCCNC(=O)CNC(=O)c1cc(S(=O)(=O)N2CCOCC2)ccc1C. The minimum Gasteiger partial charge on any atom is -0.379 e. The Morgan fingerprint density at radius 1 is 1.19 bits per heavy atom. The van der Waals surface area contributed by atoms with E-state index in [1.54, 1.807) is 13.0 Å². The molecule has 8 nitrogen and oxygen atoms in total. The number of ether oxygens (including phenoxy) is 1. The molecule has 144 valence electrons. The standard InChI is InChI=1S/C17H25N3O5S/c1-3-6-18-16(21)12-19-17(22)15-11-14(5-4-13(15)2)26(23,24)20-7-9-25-10-8-20/h4-5,11H,3,6-10,12H2,1-2H3,(H,18,21)(H,19,22). The maximum Gasteiger partial charge on any atom is 0.252 e. The van der Waals surface area contributed by atoms with Crippen molar-refractivity contribution in [3.63, 3.8) is 0 Å². The molecule has 1 heterocycles. The molecule has 1 aromatic rings. The smallest absolute Gasteiger partial charge is 0.252 e. The van der Waals surface area contributed by atoms with E-state index in [1.165, 1.54) is 16.4 Å². The Bertz CT molecular complexity index is 758. The fourth-order valence-corrected chi connectivity index (χ4v) is 3.96. The summed E-state index contributed by atoms with van der Waals surface area (Å²) < 4.78 is 32.0. The van der Waals surface area contributed by atoms with Crippen LogP contribution in [-0.4, -0.2) is 63.9 Å². The number of benzene rings is 1. The number of aryl methyl sites for hydroxylation is 1. The first-order valence-electron chi connectivity index (χ1n) is 8.59. The van der Waals surface area contributed by atoms with Crippen molar-refractivity contribution in [2.24, 2.45) is 0 Å². The second kappa shape index (κ2) is 9.11. The molecular formula is C17H25N3O5S. The number of rotatable bonds is 7. The second-order valence-corrected chi connectivity index (χ2v) is 7.96. The van der Waals surface area contributed by atoms with Gasteiger partial charge in [-0.1, -0.05) is 13.0 Å². The first-order chi connectivity index (χ1) is 12.4. The van der Waals surface area contributed by atoms with E-state index in [1.807, 2.05) is 6.92 Å². The van der Waals surface area contributed by atoms with Gasteiger partial charge in [0, 0.05) is 25.2 Å². The number of hydrogen-bond donors (Lipinski definition) is 2. The molecule has 0 bridgehead atoms. The van der Waals surface area contributed by atoms with Crippen molar-refractivity contribution in [1.29, 1.82) is 0 Å². The van der Waals surface area contributed by atoms with Crippen LogP contribution in [-0.2, 0) is 19.6 Å². The number of carbonyl (C=O) groups is 2. The van der Waals surface area contributed by atoms with Gasteiger partial charge in [-0.25, -0.2) is 8.42 Å². The molecule has 1 aliphatic rings. The second-order valence-electron chi connectivity index (χ2n) is 6.03. The average molecular weight is 383 g/mol. The molecule has 2 N–H and O–H groups in total. The van der Waals surface area contributed by atoms with Crippen LogP contribution in [0.3, 0.4) is 0 Å². The van der Waals surface area contributed by atoms with Gasteiger partial charge >= 0.3 is 0 Å². The van der Waals surface area contributed by atoms with Crippen molar-refractivity contribution in [1.82, 2.24) is 14.9 Å². The van der Waals surface area contributed by atoms with Gasteiger partial charge < -0.3 is 15.4 Å². The third-order valence-electron chi connectivity index (χ3n) is 4.04. The Labute approximate surface area is 153 Å². The van der Waals surface area contributed by atoms with Gasteiger partial charge in [0.05, 0.1) is 24.7 Å². The predicted molar refractivity (Wildman–Crippen MR) is 96.4 cm³/mol. The molecular weight excluding hydrogens is 358 g/mol. The lowest BCUT2D eigenvalue weighted by molar-refractivity contribution is -0.120. The number of nitrogens with one attached hydrogen (secondary N) is 2. The van der Waals surface area contributed by atoms with Crippen LogP contribution >= 0.6 is 0 Å². The molecule has 1 saturated heterocycles. The summed E-state index contributed by atoms with van der Waals surface area (Å²) in [7, 11) is -3.68. The zero-order valence-corrected chi connectivity index (χ0v) is 15.9. The molecule has 0 spiro atoms. The Balaban J connectivity index is 2.13. The molecule has 26 heavy (non-hydrogen) atoms. The maximum atomic E-state index is 12.7. The molecule has 0 saturated carbocycles. The summed E-state index contributed by atoms with van der Waals surface area (Å²) >= 11 is 0. The summed E-state index contributed by atoms with van der Waals surface area (Å²) in [6, 6.07) is 4.45. The minimum absolute atomic E-state index is 0.0607. The van der Waals surface area contributed by atoms with Gasteiger partial charge in [-0.2, -0.15) is 4.31 Å². The quantitative estimate of drug-likeness (QED) is 0.703. The Kier molecular flexibility index (Phi) is 7.13. The Hall–Kier alpha value is -1.97. The van der Waals surface area contributed by atoms with Crippen molar-refractivity contribution in [2.45, 2.75) is 25.2 Å². The van der Waals surface area contributed by atoms with Gasteiger partial charge in [0.15, 0.2) is 0 Å². The Morgan fingerprint density at radius 2 is 1.88 bits per heavy atom. The van der Waals surface area contributed by atoms with Crippen molar-refractivity contribution >= 4 is 21.8 Å². The van der Waals surface area contributed by atoms with Crippen molar-refractivity contribution in [3.05, 3.63) is 29.3 Å². The average Bonchev–Trinajstić information content (AvgIpc) is 2.65. The fraction of sp³-hybridized carbons (Fsp3) is 0.529. The summed E-state index contributed by atoms with van der Waals surface area (Å²) in [5.74, 6) is -0.761. The molecule has 1 aromatic carbocycles. The number of sulfonamides is 1. The van der Waals surface area contributed by atoms with E-state index >= 15 is 0 Å². The van der Waals surface area contributed by atoms with Crippen molar-refractivity contribution in [2.75, 3.05) is 39.4 Å². The van der Waals surface area contributed by atoms with E-state index in [-0.39, 0.29) is 36.0 Å². The van der Waals surface area contributed by atoms with Gasteiger partial charge in [-0.3, -0.25) is 9.59 Å². The zero-order valence-electron chi connectivity index (χ0n) is 15.1. The normalized spacial score (nSPS) is 15.5. The molecule has 9 heteroatoms. The molecule has 0 aliphatic carbocycles. The van der Waals surface area contributed by atoms with Gasteiger partial charge in [0.1, 0.15) is 0 Å². The van der Waals surface area contributed by atoms with Gasteiger partial charge in [-0.15, -0.1) is 0 Å². The van der Waals surface area contributed by atoms with Crippen LogP contribution in [0, 0.1) is 6.92 Å². The summed E-state index contributed by atoms with van der Waals surface area (Å²) in [6.07, 6.45) is 0.806. The highest BCUT2D eigenvalue weighted by Crippen LogP contribution is 2.20. The molecule has 0 aromatic heterocycles. The molecule has 2 rings (SSSR count). The van der Waals surface area contributed by atoms with Crippen LogP contribution in [0.25, 0.3) is 0 Å². The summed E-state index contributed by atoms with van der Waals surface area (Å²) in [4.78, 5) is 24.1. The zero-order chi connectivity index (χ0) is 19.2. The third kappa shape index (κ3) is 5.03. The molecule has 0 unspecified atom stereocenters. The maximum absolute atomic E-state index is 12.7. The largest absolute Gasteiger partial charge is 0.379 e. The topological polar surface area (TPSA) is 105 Å². The van der Waals surface area contributed by atoms with Crippen LogP contribution in [0.1, 0.15) is 29.3 Å². The predicted octanol–water partition coefficient (Wildman–Crippen LogP) is 0.272. The van der Waals surface area contributed by atoms with Gasteiger partial charge in [-0.05, 0) is 31.0 Å². The number of carbonyl (C=O) groups excluding carboxylic acids is 2. The minimum atomic E-state index is -3.68. The monoisotopic (exact) mass is 383 g/mol. The van der Waals surface area contributed by atoms with Crippen molar-refractivity contribution < 1.29 is 22.7 Å². The first kappa shape index (κ1) is 20.3. The lowest BCUT2D eigenvalue weighted by Crippen LogP contribution is -2.40. The lowest BCUT2D eigenvalue weighted by Gasteiger charge is -2.26. The summed E-state index contributed by atoms with van der Waals surface area (Å²) in [5, 5.41) is 5.19. The van der Waals surface area contributed by atoms with Crippen LogP contribution in [0.5, 0.6) is 0 Å². The number of morpholine rings is 1. The summed E-state index contributed by atoms with van der Waals surface area (Å²) in [6.45, 7) is 5.32. The van der Waals surface area contributed by atoms with E-state index in [0.29, 0.717) is 25.3 Å². The number of hydrogen-bond acceptors (Lipinski definition) is 5. The number of amides is 2. The lowest BCUT2D eigenvalue weighted by atomic mass is 10.1. The van der Waals surface area contributed by atoms with E-state index in [0.717, 1.165) is 6.42 Å². The van der Waals surface area contributed by atoms with Gasteiger partial charge in [0.2, 0.25) is 15.9 Å². The van der Waals surface area contributed by atoms with Crippen LogP contribution in [0.15, 0.2) is 23.1 Å². The number of nitrogens with zero attached hydrogens (tertiary/aromatic N) is 1. The molecule has 2 amide bonds. The van der Waals surface area contributed by atoms with Crippen LogP contribution in [0.4, 0.5) is 0 Å². The molecule has 1 aliphatic heterocycles. The first-order valence-corrected chi connectivity index (χ1v) is 10.0. The van der Waals surface area contributed by atoms with E-state index in [4.69, 9.17) is 4.74 Å².